The Morgan fingerprint density at radius 3 is 2.48 bits per heavy atom. The molecule has 3 nitrogen and oxygen atoms in total. The number of hydrogen-bond acceptors (Lipinski definition) is 2. The molecule has 0 spiro atoms. The van der Waals surface area contributed by atoms with Gasteiger partial charge in [0.15, 0.2) is 0 Å². The number of carbonyl (C=O) groups is 1. The van der Waals surface area contributed by atoms with Crippen LogP contribution in [0.3, 0.4) is 0 Å². The molecule has 1 aromatic rings. The van der Waals surface area contributed by atoms with Gasteiger partial charge in [0.05, 0.1) is 5.56 Å². The molecule has 1 aliphatic heterocycles. The molecule has 0 bridgehead atoms. The molecule has 0 aromatic heterocycles. The van der Waals surface area contributed by atoms with Gasteiger partial charge in [-0.15, -0.1) is 12.4 Å². The highest BCUT2D eigenvalue weighted by Gasteiger charge is 2.46. The number of benzene rings is 1. The van der Waals surface area contributed by atoms with Crippen LogP contribution in [-0.2, 0) is 11.0 Å². The molecule has 1 saturated carbocycles. The summed E-state index contributed by atoms with van der Waals surface area (Å²) in [5.41, 5.74) is 5.89. The fraction of sp³-hybridized carbons (Fsp3) is 0.611. The van der Waals surface area contributed by atoms with E-state index in [9.17, 15) is 18.0 Å². The van der Waals surface area contributed by atoms with Gasteiger partial charge in [0.2, 0.25) is 5.91 Å². The fourth-order valence-corrected chi connectivity index (χ4v) is 3.66. The second-order valence-corrected chi connectivity index (χ2v) is 7.09. The molecule has 2 aliphatic rings. The van der Waals surface area contributed by atoms with Crippen LogP contribution in [0.5, 0.6) is 0 Å². The lowest BCUT2D eigenvalue weighted by molar-refractivity contribution is -0.137. The van der Waals surface area contributed by atoms with Crippen LogP contribution in [0, 0.1) is 11.8 Å². The standard InChI is InChI=1S/C18H23F3N2O.ClH/c1-11(22)12-5-7-23(8-6-12)17(24)16-10-15(16)13-3-2-4-14(9-13)18(19,20)21;/h2-4,9,11-12,15-16H,5-8,10,22H2,1H3;1H. The lowest BCUT2D eigenvalue weighted by atomic mass is 9.90. The van der Waals surface area contributed by atoms with Gasteiger partial charge in [-0.05, 0) is 49.7 Å². The first-order valence-corrected chi connectivity index (χ1v) is 8.49. The summed E-state index contributed by atoms with van der Waals surface area (Å²) >= 11 is 0. The van der Waals surface area contributed by atoms with Crippen LogP contribution >= 0.6 is 12.4 Å². The number of amides is 1. The lowest BCUT2D eigenvalue weighted by Crippen LogP contribution is -2.43. The molecule has 0 radical (unpaired) electrons. The Bertz CT molecular complexity index is 613. The van der Waals surface area contributed by atoms with Crippen molar-refractivity contribution in [3.63, 3.8) is 0 Å². The molecule has 1 aromatic carbocycles. The van der Waals surface area contributed by atoms with Crippen molar-refractivity contribution in [1.82, 2.24) is 4.90 Å². The van der Waals surface area contributed by atoms with Crippen LogP contribution in [0.1, 0.15) is 43.2 Å². The maximum Gasteiger partial charge on any atom is 0.416 e. The number of carbonyl (C=O) groups excluding carboxylic acids is 1. The number of piperidine rings is 1. The Balaban J connectivity index is 0.00000225. The van der Waals surface area contributed by atoms with Gasteiger partial charge in [-0.1, -0.05) is 18.2 Å². The minimum absolute atomic E-state index is 0. The number of hydrogen-bond donors (Lipinski definition) is 1. The third-order valence-electron chi connectivity index (χ3n) is 5.34. The molecule has 3 atom stereocenters. The highest BCUT2D eigenvalue weighted by atomic mass is 35.5. The summed E-state index contributed by atoms with van der Waals surface area (Å²) in [5.74, 6) is 0.291. The predicted molar refractivity (Wildman–Crippen MR) is 92.5 cm³/mol. The number of likely N-dealkylation sites (tertiary alicyclic amines) is 1. The average Bonchev–Trinajstić information content (AvgIpc) is 3.34. The SMILES string of the molecule is CC(N)C1CCN(C(=O)C2CC2c2cccc(C(F)(F)F)c2)CC1.Cl. The first-order chi connectivity index (χ1) is 11.3. The van der Waals surface area contributed by atoms with Crippen LogP contribution in [0.25, 0.3) is 0 Å². The minimum Gasteiger partial charge on any atom is -0.342 e. The zero-order valence-corrected chi connectivity index (χ0v) is 14.9. The summed E-state index contributed by atoms with van der Waals surface area (Å²) in [7, 11) is 0. The van der Waals surface area contributed by atoms with E-state index in [0.29, 0.717) is 31.0 Å². The number of halogens is 4. The molecule has 1 heterocycles. The summed E-state index contributed by atoms with van der Waals surface area (Å²) < 4.78 is 38.4. The molecule has 1 amide bonds. The number of nitrogens with zero attached hydrogens (tertiary/aromatic N) is 1. The van der Waals surface area contributed by atoms with Crippen LogP contribution < -0.4 is 5.73 Å². The van der Waals surface area contributed by atoms with E-state index in [1.165, 1.54) is 12.1 Å². The Morgan fingerprint density at radius 2 is 1.92 bits per heavy atom. The van der Waals surface area contributed by atoms with Gasteiger partial charge >= 0.3 is 6.18 Å². The lowest BCUT2D eigenvalue weighted by Gasteiger charge is -2.34. The van der Waals surface area contributed by atoms with E-state index in [0.717, 1.165) is 18.9 Å². The molecule has 2 N–H and O–H groups in total. The third kappa shape index (κ3) is 4.47. The second kappa shape index (κ2) is 7.54. The van der Waals surface area contributed by atoms with E-state index in [1.807, 2.05) is 11.8 Å². The Kier molecular flexibility index (Phi) is 6.05. The van der Waals surface area contributed by atoms with Crippen molar-refractivity contribution in [3.05, 3.63) is 35.4 Å². The predicted octanol–water partition coefficient (Wildman–Crippen LogP) is 3.82. The molecule has 2 fully saturated rings. The fourth-order valence-electron chi connectivity index (χ4n) is 3.66. The molecule has 7 heteroatoms. The van der Waals surface area contributed by atoms with Crippen LogP contribution in [0.15, 0.2) is 24.3 Å². The summed E-state index contributed by atoms with van der Waals surface area (Å²) in [6.45, 7) is 3.40. The molecule has 25 heavy (non-hydrogen) atoms. The maximum absolute atomic E-state index is 12.8. The topological polar surface area (TPSA) is 46.3 Å². The van der Waals surface area contributed by atoms with Gasteiger partial charge < -0.3 is 10.6 Å². The Hall–Kier alpha value is -1.27. The van der Waals surface area contributed by atoms with Crippen molar-refractivity contribution in [2.75, 3.05) is 13.1 Å². The van der Waals surface area contributed by atoms with Crippen LogP contribution in [0.2, 0.25) is 0 Å². The van der Waals surface area contributed by atoms with E-state index in [2.05, 4.69) is 0 Å². The quantitative estimate of drug-likeness (QED) is 0.871. The number of rotatable bonds is 3. The normalized spacial score (nSPS) is 25.2. The van der Waals surface area contributed by atoms with E-state index in [-0.39, 0.29) is 36.2 Å². The minimum atomic E-state index is -4.34. The van der Waals surface area contributed by atoms with Crippen molar-refractivity contribution in [3.8, 4) is 0 Å². The maximum atomic E-state index is 12.8. The van der Waals surface area contributed by atoms with Crippen molar-refractivity contribution in [2.24, 2.45) is 17.6 Å². The third-order valence-corrected chi connectivity index (χ3v) is 5.34. The van der Waals surface area contributed by atoms with Crippen LogP contribution in [-0.4, -0.2) is 29.9 Å². The molecule has 3 rings (SSSR count). The molecule has 140 valence electrons. The zero-order valence-electron chi connectivity index (χ0n) is 14.1. The first-order valence-electron chi connectivity index (χ1n) is 8.49. The Morgan fingerprint density at radius 1 is 1.28 bits per heavy atom. The van der Waals surface area contributed by atoms with E-state index < -0.39 is 11.7 Å². The van der Waals surface area contributed by atoms with Gasteiger partial charge in [-0.25, -0.2) is 0 Å². The molecule has 1 saturated heterocycles. The van der Waals surface area contributed by atoms with Gasteiger partial charge in [0, 0.05) is 25.0 Å². The number of nitrogens with two attached hydrogens (primary N) is 1. The monoisotopic (exact) mass is 376 g/mol. The molecular weight excluding hydrogens is 353 g/mol. The largest absolute Gasteiger partial charge is 0.416 e. The molecule has 3 unspecified atom stereocenters. The average molecular weight is 377 g/mol. The van der Waals surface area contributed by atoms with Crippen LogP contribution in [0.4, 0.5) is 13.2 Å². The highest BCUT2D eigenvalue weighted by molar-refractivity contribution is 5.85. The summed E-state index contributed by atoms with van der Waals surface area (Å²) in [6, 6.07) is 5.50. The van der Waals surface area contributed by atoms with Crippen molar-refractivity contribution in [1.29, 1.82) is 0 Å². The van der Waals surface area contributed by atoms with E-state index >= 15 is 0 Å². The van der Waals surface area contributed by atoms with Crippen molar-refractivity contribution in [2.45, 2.75) is 44.3 Å². The zero-order chi connectivity index (χ0) is 17.5. The number of alkyl halides is 3. The van der Waals surface area contributed by atoms with Gasteiger partial charge in [0.1, 0.15) is 0 Å². The molecule has 1 aliphatic carbocycles. The summed E-state index contributed by atoms with van der Waals surface area (Å²) in [4.78, 5) is 14.4. The van der Waals surface area contributed by atoms with Crippen molar-refractivity contribution < 1.29 is 18.0 Å². The summed E-state index contributed by atoms with van der Waals surface area (Å²) in [6.07, 6.45) is -1.88. The molecular formula is C18H24ClF3N2O. The highest BCUT2D eigenvalue weighted by Crippen LogP contribution is 2.49. The van der Waals surface area contributed by atoms with Gasteiger partial charge in [-0.2, -0.15) is 13.2 Å². The van der Waals surface area contributed by atoms with Crippen molar-refractivity contribution >= 4 is 18.3 Å². The first kappa shape index (κ1) is 20.0. The smallest absolute Gasteiger partial charge is 0.342 e. The second-order valence-electron chi connectivity index (χ2n) is 7.09. The van der Waals surface area contributed by atoms with E-state index in [1.54, 1.807) is 6.07 Å². The van der Waals surface area contributed by atoms with E-state index in [4.69, 9.17) is 5.73 Å². The van der Waals surface area contributed by atoms with Gasteiger partial charge in [-0.3, -0.25) is 4.79 Å². The van der Waals surface area contributed by atoms with Gasteiger partial charge in [0.25, 0.3) is 0 Å². The Labute approximate surface area is 152 Å². The summed E-state index contributed by atoms with van der Waals surface area (Å²) in [5, 5.41) is 0.